The Morgan fingerprint density at radius 2 is 2.04 bits per heavy atom. The number of ether oxygens (including phenoxy) is 1. The molecule has 2 fully saturated rings. The van der Waals surface area contributed by atoms with Gasteiger partial charge in [0.2, 0.25) is 5.91 Å². The number of anilines is 1. The van der Waals surface area contributed by atoms with Crippen LogP contribution in [0.25, 0.3) is 0 Å². The largest absolute Gasteiger partial charge is 0.368 e. The molecule has 1 heterocycles. The normalized spacial score (nSPS) is 23.7. The van der Waals surface area contributed by atoms with Crippen LogP contribution in [0.5, 0.6) is 0 Å². The third kappa shape index (κ3) is 2.95. The molecule has 0 aromatic heterocycles. The number of hydrogen-bond acceptors (Lipinski definition) is 3. The van der Waals surface area contributed by atoms with Crippen LogP contribution in [0.1, 0.15) is 26.2 Å². The first-order valence-electron chi connectivity index (χ1n) is 7.89. The molecule has 2 atom stereocenters. The first-order chi connectivity index (χ1) is 11.0. The quantitative estimate of drug-likeness (QED) is 0.898. The van der Waals surface area contributed by atoms with Crippen LogP contribution < -0.4 is 10.2 Å². The Balaban J connectivity index is 1.70. The van der Waals surface area contributed by atoms with E-state index in [0.717, 1.165) is 12.8 Å². The van der Waals surface area contributed by atoms with Gasteiger partial charge in [-0.2, -0.15) is 0 Å². The van der Waals surface area contributed by atoms with Crippen LogP contribution in [0.15, 0.2) is 24.3 Å². The van der Waals surface area contributed by atoms with Crippen LogP contribution in [0.3, 0.4) is 0 Å². The zero-order valence-corrected chi connectivity index (χ0v) is 14.1. The van der Waals surface area contributed by atoms with Gasteiger partial charge in [-0.25, -0.2) is 0 Å². The molecule has 6 heteroatoms. The van der Waals surface area contributed by atoms with Crippen molar-refractivity contribution in [2.24, 2.45) is 5.92 Å². The van der Waals surface area contributed by atoms with E-state index >= 15 is 0 Å². The predicted molar refractivity (Wildman–Crippen MR) is 88.5 cm³/mol. The minimum absolute atomic E-state index is 0.124. The summed E-state index contributed by atoms with van der Waals surface area (Å²) in [7, 11) is 1.55. The number of para-hydroxylation sites is 1. The average molecular weight is 337 g/mol. The van der Waals surface area contributed by atoms with E-state index < -0.39 is 11.6 Å². The van der Waals surface area contributed by atoms with Gasteiger partial charge in [0.25, 0.3) is 5.91 Å². The highest BCUT2D eigenvalue weighted by atomic mass is 35.5. The minimum atomic E-state index is -0.849. The molecule has 124 valence electrons. The maximum absolute atomic E-state index is 12.6. The van der Waals surface area contributed by atoms with Gasteiger partial charge in [0.05, 0.1) is 10.7 Å². The molecule has 0 spiro atoms. The SMILES string of the molecule is COC(C)(C(=O)NC1CCN(c2ccccc2Cl)C1=O)C1CC1. The lowest BCUT2D eigenvalue weighted by atomic mass is 9.98. The third-order valence-electron chi connectivity index (χ3n) is 4.89. The molecule has 1 aromatic carbocycles. The summed E-state index contributed by atoms with van der Waals surface area (Å²) >= 11 is 6.17. The predicted octanol–water partition coefficient (Wildman–Crippen LogP) is 2.38. The molecule has 23 heavy (non-hydrogen) atoms. The minimum Gasteiger partial charge on any atom is -0.368 e. The Bertz CT molecular complexity index is 632. The second-order valence-electron chi connectivity index (χ2n) is 6.34. The summed E-state index contributed by atoms with van der Waals surface area (Å²) in [6.45, 7) is 2.34. The van der Waals surface area contributed by atoms with Crippen LogP contribution in [-0.2, 0) is 14.3 Å². The van der Waals surface area contributed by atoms with E-state index in [2.05, 4.69) is 5.32 Å². The second kappa shape index (κ2) is 6.13. The van der Waals surface area contributed by atoms with Gasteiger partial charge in [0.1, 0.15) is 11.6 Å². The number of rotatable bonds is 5. The zero-order chi connectivity index (χ0) is 16.6. The molecule has 0 radical (unpaired) electrons. The highest BCUT2D eigenvalue weighted by molar-refractivity contribution is 6.34. The molecular formula is C17H21ClN2O3. The van der Waals surface area contributed by atoms with Crippen molar-refractivity contribution >= 4 is 29.1 Å². The summed E-state index contributed by atoms with van der Waals surface area (Å²) in [4.78, 5) is 26.8. The van der Waals surface area contributed by atoms with E-state index in [-0.39, 0.29) is 17.7 Å². The van der Waals surface area contributed by atoms with E-state index in [1.54, 1.807) is 25.0 Å². The lowest BCUT2D eigenvalue weighted by Crippen LogP contribution is -2.53. The average Bonchev–Trinajstić information content (AvgIpc) is 3.34. The molecule has 0 bridgehead atoms. The summed E-state index contributed by atoms with van der Waals surface area (Å²) in [5.74, 6) is -0.0914. The van der Waals surface area contributed by atoms with Crippen LogP contribution in [0.4, 0.5) is 5.69 Å². The van der Waals surface area contributed by atoms with Crippen molar-refractivity contribution in [1.29, 1.82) is 0 Å². The van der Waals surface area contributed by atoms with Crippen molar-refractivity contribution in [3.05, 3.63) is 29.3 Å². The number of carbonyl (C=O) groups excluding carboxylic acids is 2. The monoisotopic (exact) mass is 336 g/mol. The van der Waals surface area contributed by atoms with Crippen molar-refractivity contribution in [3.8, 4) is 0 Å². The van der Waals surface area contributed by atoms with E-state index in [1.165, 1.54) is 0 Å². The summed E-state index contributed by atoms with van der Waals surface area (Å²) in [5, 5.41) is 3.40. The van der Waals surface area contributed by atoms with Gasteiger partial charge >= 0.3 is 0 Å². The fourth-order valence-electron chi connectivity index (χ4n) is 3.10. The molecular weight excluding hydrogens is 316 g/mol. The van der Waals surface area contributed by atoms with E-state index in [4.69, 9.17) is 16.3 Å². The fourth-order valence-corrected chi connectivity index (χ4v) is 3.34. The number of hydrogen-bond donors (Lipinski definition) is 1. The number of halogens is 1. The number of benzene rings is 1. The lowest BCUT2D eigenvalue weighted by molar-refractivity contribution is -0.145. The molecule has 1 N–H and O–H groups in total. The van der Waals surface area contributed by atoms with Crippen molar-refractivity contribution in [1.82, 2.24) is 5.32 Å². The van der Waals surface area contributed by atoms with E-state index in [1.807, 2.05) is 18.2 Å². The summed E-state index contributed by atoms with van der Waals surface area (Å²) in [6, 6.07) is 6.71. The number of carbonyl (C=O) groups is 2. The standard InChI is InChI=1S/C17H21ClN2O3/c1-17(23-2,11-7-8-11)16(22)19-13-9-10-20(15(13)21)14-6-4-3-5-12(14)18/h3-6,11,13H,7-10H2,1-2H3,(H,19,22). The van der Waals surface area contributed by atoms with Gasteiger partial charge in [-0.05, 0) is 44.2 Å². The topological polar surface area (TPSA) is 58.6 Å². The highest BCUT2D eigenvalue weighted by Gasteiger charge is 2.49. The van der Waals surface area contributed by atoms with Gasteiger partial charge in [0, 0.05) is 13.7 Å². The van der Waals surface area contributed by atoms with E-state index in [9.17, 15) is 9.59 Å². The maximum atomic E-state index is 12.6. The molecule has 1 saturated heterocycles. The molecule has 2 amide bonds. The second-order valence-corrected chi connectivity index (χ2v) is 6.75. The first-order valence-corrected chi connectivity index (χ1v) is 8.27. The van der Waals surface area contributed by atoms with Gasteiger partial charge in [-0.15, -0.1) is 0 Å². The molecule has 1 aromatic rings. The number of methoxy groups -OCH3 is 1. The van der Waals surface area contributed by atoms with E-state index in [0.29, 0.717) is 23.7 Å². The summed E-state index contributed by atoms with van der Waals surface area (Å²) < 4.78 is 5.44. The van der Waals surface area contributed by atoms with Crippen molar-refractivity contribution in [3.63, 3.8) is 0 Å². The van der Waals surface area contributed by atoms with Gasteiger partial charge in [-0.1, -0.05) is 23.7 Å². The van der Waals surface area contributed by atoms with Gasteiger partial charge in [-0.3, -0.25) is 9.59 Å². The molecule has 1 aliphatic carbocycles. The Morgan fingerprint density at radius 3 is 2.65 bits per heavy atom. The first kappa shape index (κ1) is 16.3. The zero-order valence-electron chi connectivity index (χ0n) is 13.3. The summed E-state index contributed by atoms with van der Waals surface area (Å²) in [6.07, 6.45) is 2.55. The number of nitrogens with zero attached hydrogens (tertiary/aromatic N) is 1. The Morgan fingerprint density at radius 1 is 1.35 bits per heavy atom. The van der Waals surface area contributed by atoms with Gasteiger partial charge in [0.15, 0.2) is 0 Å². The lowest BCUT2D eigenvalue weighted by Gasteiger charge is -2.28. The Kier molecular flexibility index (Phi) is 4.34. The van der Waals surface area contributed by atoms with Crippen LogP contribution in [0, 0.1) is 5.92 Å². The third-order valence-corrected chi connectivity index (χ3v) is 5.20. The molecule has 3 rings (SSSR count). The van der Waals surface area contributed by atoms with Crippen LogP contribution >= 0.6 is 11.6 Å². The molecule has 2 unspecified atom stereocenters. The fraction of sp³-hybridized carbons (Fsp3) is 0.529. The number of nitrogens with one attached hydrogen (secondary N) is 1. The number of amides is 2. The molecule has 2 aliphatic rings. The maximum Gasteiger partial charge on any atom is 0.252 e. The summed E-state index contributed by atoms with van der Waals surface area (Å²) in [5.41, 5.74) is -0.162. The Hall–Kier alpha value is -1.59. The smallest absolute Gasteiger partial charge is 0.252 e. The van der Waals surface area contributed by atoms with Crippen LogP contribution in [0.2, 0.25) is 5.02 Å². The van der Waals surface area contributed by atoms with Crippen molar-refractivity contribution < 1.29 is 14.3 Å². The van der Waals surface area contributed by atoms with Crippen molar-refractivity contribution in [2.75, 3.05) is 18.6 Å². The molecule has 5 nitrogen and oxygen atoms in total. The van der Waals surface area contributed by atoms with Crippen LogP contribution in [-0.4, -0.2) is 37.1 Å². The molecule has 1 saturated carbocycles. The van der Waals surface area contributed by atoms with Crippen molar-refractivity contribution in [2.45, 2.75) is 37.8 Å². The van der Waals surface area contributed by atoms with Gasteiger partial charge < -0.3 is 15.0 Å². The highest BCUT2D eigenvalue weighted by Crippen LogP contribution is 2.41. The molecule has 1 aliphatic heterocycles. The Labute approximate surface area is 140 Å².